The van der Waals surface area contributed by atoms with E-state index in [0.29, 0.717) is 6.54 Å². The molecule has 2 rings (SSSR count). The molecule has 0 fully saturated rings. The lowest BCUT2D eigenvalue weighted by Crippen LogP contribution is -2.38. The zero-order valence-corrected chi connectivity index (χ0v) is 17.1. The van der Waals surface area contributed by atoms with Crippen molar-refractivity contribution in [1.29, 1.82) is 0 Å². The van der Waals surface area contributed by atoms with Gasteiger partial charge in [0.25, 0.3) is 0 Å². The molecule has 0 aliphatic carbocycles. The molecule has 25 heavy (non-hydrogen) atoms. The molecule has 138 valence electrons. The third-order valence-electron chi connectivity index (χ3n) is 3.45. The van der Waals surface area contributed by atoms with Crippen LogP contribution in [0.2, 0.25) is 0 Å². The van der Waals surface area contributed by atoms with Crippen LogP contribution >= 0.6 is 24.0 Å². The first-order valence-electron chi connectivity index (χ1n) is 8.54. The van der Waals surface area contributed by atoms with Crippen LogP contribution in [0.25, 0.3) is 0 Å². The number of ether oxygens (including phenoxy) is 1. The summed E-state index contributed by atoms with van der Waals surface area (Å²) in [5.41, 5.74) is 1.31. The Balaban J connectivity index is 0.00000312. The molecule has 0 saturated heterocycles. The van der Waals surface area contributed by atoms with Gasteiger partial charge in [0.05, 0.1) is 12.9 Å². The molecule has 0 bridgehead atoms. The van der Waals surface area contributed by atoms with Crippen LogP contribution in [0.3, 0.4) is 0 Å². The van der Waals surface area contributed by atoms with Crippen molar-refractivity contribution in [3.05, 3.63) is 60.1 Å². The summed E-state index contributed by atoms with van der Waals surface area (Å²) < 4.78 is 11.0. The highest BCUT2D eigenvalue weighted by Gasteiger charge is 1.99. The molecule has 0 atom stereocenters. The molecule has 2 aromatic rings. The van der Waals surface area contributed by atoms with Crippen LogP contribution in [0.4, 0.5) is 0 Å². The number of benzene rings is 1. The predicted molar refractivity (Wildman–Crippen MR) is 113 cm³/mol. The molecule has 0 unspecified atom stereocenters. The lowest BCUT2D eigenvalue weighted by Gasteiger charge is -2.11. The number of nitrogens with zero attached hydrogens (tertiary/aromatic N) is 1. The summed E-state index contributed by atoms with van der Waals surface area (Å²) >= 11 is 0. The fourth-order valence-electron chi connectivity index (χ4n) is 2.22. The largest absolute Gasteiger partial charge is 0.467 e. The molecule has 6 heteroatoms. The Morgan fingerprint density at radius 2 is 1.92 bits per heavy atom. The van der Waals surface area contributed by atoms with Gasteiger partial charge in [-0.1, -0.05) is 30.3 Å². The van der Waals surface area contributed by atoms with Gasteiger partial charge < -0.3 is 19.8 Å². The Bertz CT molecular complexity index is 574. The minimum Gasteiger partial charge on any atom is -0.467 e. The van der Waals surface area contributed by atoms with Gasteiger partial charge in [-0.3, -0.25) is 0 Å². The first-order valence-corrected chi connectivity index (χ1v) is 8.54. The van der Waals surface area contributed by atoms with Crippen LogP contribution in [-0.2, 0) is 17.7 Å². The highest BCUT2D eigenvalue weighted by atomic mass is 127. The average Bonchev–Trinajstić information content (AvgIpc) is 3.13. The monoisotopic (exact) mass is 457 g/mol. The summed E-state index contributed by atoms with van der Waals surface area (Å²) in [5, 5.41) is 6.53. The molecule has 0 aliphatic rings. The van der Waals surface area contributed by atoms with Crippen LogP contribution in [0, 0.1) is 0 Å². The maximum atomic E-state index is 5.68. The second-order valence-electron chi connectivity index (χ2n) is 5.40. The number of guanidine groups is 1. The number of hydrogen-bond donors (Lipinski definition) is 2. The molecule has 1 heterocycles. The number of nitrogens with one attached hydrogen (secondary N) is 2. The fraction of sp³-hybridized carbons (Fsp3) is 0.421. The van der Waals surface area contributed by atoms with Crippen LogP contribution in [0.5, 0.6) is 0 Å². The number of halogens is 1. The summed E-state index contributed by atoms with van der Waals surface area (Å²) in [6.07, 6.45) is 3.57. The Morgan fingerprint density at radius 3 is 2.64 bits per heavy atom. The predicted octanol–water partition coefficient (Wildman–Crippen LogP) is 3.60. The summed E-state index contributed by atoms with van der Waals surface area (Å²) in [7, 11) is 0. The van der Waals surface area contributed by atoms with Crippen LogP contribution in [-0.4, -0.2) is 32.3 Å². The highest BCUT2D eigenvalue weighted by Crippen LogP contribution is 2.01. The minimum absolute atomic E-state index is 0. The maximum Gasteiger partial charge on any atom is 0.191 e. The molecule has 0 radical (unpaired) electrons. The van der Waals surface area contributed by atoms with Gasteiger partial charge in [0.1, 0.15) is 12.3 Å². The topological polar surface area (TPSA) is 58.8 Å². The van der Waals surface area contributed by atoms with E-state index in [1.165, 1.54) is 5.56 Å². The zero-order chi connectivity index (χ0) is 16.9. The summed E-state index contributed by atoms with van der Waals surface area (Å²) in [6.45, 7) is 5.76. The Hall–Kier alpha value is -1.54. The Kier molecular flexibility index (Phi) is 11.8. The molecule has 0 saturated carbocycles. The van der Waals surface area contributed by atoms with Crippen LogP contribution < -0.4 is 10.6 Å². The summed E-state index contributed by atoms with van der Waals surface area (Å²) in [6, 6.07) is 14.2. The third-order valence-corrected chi connectivity index (χ3v) is 3.45. The van der Waals surface area contributed by atoms with Crippen molar-refractivity contribution >= 4 is 29.9 Å². The van der Waals surface area contributed by atoms with Crippen molar-refractivity contribution in [2.75, 3.05) is 26.3 Å². The van der Waals surface area contributed by atoms with Gasteiger partial charge in [0.2, 0.25) is 0 Å². The van der Waals surface area contributed by atoms with Crippen LogP contribution in [0.1, 0.15) is 24.7 Å². The van der Waals surface area contributed by atoms with Crippen molar-refractivity contribution in [3.8, 4) is 0 Å². The Labute approximate surface area is 167 Å². The molecule has 1 aromatic heterocycles. The molecular formula is C19H28IN3O2. The van der Waals surface area contributed by atoms with Gasteiger partial charge in [-0.25, -0.2) is 4.99 Å². The van der Waals surface area contributed by atoms with Crippen LogP contribution in [0.15, 0.2) is 58.1 Å². The Morgan fingerprint density at radius 1 is 1.08 bits per heavy atom. The van der Waals surface area contributed by atoms with Gasteiger partial charge in [-0.05, 0) is 37.5 Å². The summed E-state index contributed by atoms with van der Waals surface area (Å²) in [4.78, 5) is 4.49. The van der Waals surface area contributed by atoms with Gasteiger partial charge in [0, 0.05) is 19.7 Å². The van der Waals surface area contributed by atoms with Gasteiger partial charge >= 0.3 is 0 Å². The molecule has 1 aromatic carbocycles. The van der Waals surface area contributed by atoms with Crippen molar-refractivity contribution in [2.45, 2.75) is 26.3 Å². The van der Waals surface area contributed by atoms with E-state index in [1.807, 2.05) is 18.2 Å². The zero-order valence-electron chi connectivity index (χ0n) is 14.7. The molecular weight excluding hydrogens is 429 g/mol. The van der Waals surface area contributed by atoms with E-state index in [4.69, 9.17) is 9.15 Å². The number of furan rings is 1. The molecule has 0 amide bonds. The van der Waals surface area contributed by atoms with Gasteiger partial charge in [-0.15, -0.1) is 24.0 Å². The van der Waals surface area contributed by atoms with E-state index in [2.05, 4.69) is 46.8 Å². The maximum absolute atomic E-state index is 5.68. The lowest BCUT2D eigenvalue weighted by molar-refractivity contribution is 0.135. The number of rotatable bonds is 10. The van der Waals surface area contributed by atoms with E-state index in [0.717, 1.165) is 50.9 Å². The summed E-state index contributed by atoms with van der Waals surface area (Å²) in [5.74, 6) is 1.66. The minimum atomic E-state index is 0. The van der Waals surface area contributed by atoms with E-state index >= 15 is 0 Å². The highest BCUT2D eigenvalue weighted by molar-refractivity contribution is 14.0. The molecule has 0 aliphatic heterocycles. The van der Waals surface area contributed by atoms with Crippen molar-refractivity contribution < 1.29 is 9.15 Å². The van der Waals surface area contributed by atoms with E-state index < -0.39 is 0 Å². The SMILES string of the molecule is CCNC(=NCc1ccco1)NCCCOCCc1ccccc1.I. The molecule has 2 N–H and O–H groups in total. The lowest BCUT2D eigenvalue weighted by atomic mass is 10.2. The standard InChI is InChI=1S/C19H27N3O2.HI/c1-2-20-19(22-16-18-10-6-14-24-18)21-12-7-13-23-15-11-17-8-4-3-5-9-17;/h3-6,8-10,14H,2,7,11-13,15-16H2,1H3,(H2,20,21,22);1H. The molecule has 0 spiro atoms. The normalized spacial score (nSPS) is 11.0. The van der Waals surface area contributed by atoms with Crippen molar-refractivity contribution in [1.82, 2.24) is 10.6 Å². The second-order valence-corrected chi connectivity index (χ2v) is 5.40. The quantitative estimate of drug-likeness (QED) is 0.248. The fourth-order valence-corrected chi connectivity index (χ4v) is 2.22. The van der Waals surface area contributed by atoms with Crippen molar-refractivity contribution in [2.24, 2.45) is 4.99 Å². The first kappa shape index (κ1) is 21.5. The van der Waals surface area contributed by atoms with E-state index in [-0.39, 0.29) is 24.0 Å². The van der Waals surface area contributed by atoms with E-state index in [1.54, 1.807) is 6.26 Å². The number of hydrogen-bond acceptors (Lipinski definition) is 3. The third kappa shape index (κ3) is 9.50. The second kappa shape index (κ2) is 13.7. The number of aliphatic imine (C=N–C) groups is 1. The first-order chi connectivity index (χ1) is 11.9. The smallest absolute Gasteiger partial charge is 0.191 e. The van der Waals surface area contributed by atoms with E-state index in [9.17, 15) is 0 Å². The van der Waals surface area contributed by atoms with Gasteiger partial charge in [0.15, 0.2) is 5.96 Å². The van der Waals surface area contributed by atoms with Crippen molar-refractivity contribution in [3.63, 3.8) is 0 Å². The molecule has 5 nitrogen and oxygen atoms in total. The van der Waals surface area contributed by atoms with Gasteiger partial charge in [-0.2, -0.15) is 0 Å². The average molecular weight is 457 g/mol.